The van der Waals surface area contributed by atoms with Crippen LogP contribution in [-0.4, -0.2) is 40.6 Å². The Hall–Kier alpha value is -2.04. The topological polar surface area (TPSA) is 60.9 Å². The van der Waals surface area contributed by atoms with E-state index in [2.05, 4.69) is 6.92 Å². The summed E-state index contributed by atoms with van der Waals surface area (Å²) >= 11 is 0. The maximum absolute atomic E-state index is 12.9. The fourth-order valence-corrected chi connectivity index (χ4v) is 3.47. The van der Waals surface area contributed by atoms with Crippen molar-refractivity contribution < 1.29 is 14.7 Å². The van der Waals surface area contributed by atoms with Gasteiger partial charge in [-0.1, -0.05) is 25.1 Å². The van der Waals surface area contributed by atoms with Crippen molar-refractivity contribution in [2.24, 2.45) is 0 Å². The number of benzene rings is 1. The van der Waals surface area contributed by atoms with E-state index in [1.165, 1.54) is 4.90 Å². The minimum absolute atomic E-state index is 0.156. The summed E-state index contributed by atoms with van der Waals surface area (Å²) < 4.78 is 0. The fraction of sp³-hybridized carbons (Fsp3) is 0.500. The first-order valence-electron chi connectivity index (χ1n) is 7.54. The number of amides is 2. The van der Waals surface area contributed by atoms with Gasteiger partial charge < -0.3 is 10.0 Å². The molecule has 5 nitrogen and oxygen atoms in total. The molecule has 1 N–H and O–H groups in total. The number of hydrogen-bond acceptors (Lipinski definition) is 2. The predicted molar refractivity (Wildman–Crippen MR) is 79.5 cm³/mol. The Balaban J connectivity index is 1.94. The van der Waals surface area contributed by atoms with Crippen molar-refractivity contribution in [3.63, 3.8) is 0 Å². The van der Waals surface area contributed by atoms with Crippen molar-refractivity contribution in [3.8, 4) is 0 Å². The van der Waals surface area contributed by atoms with Gasteiger partial charge in [-0.15, -0.1) is 0 Å². The SMILES string of the molecule is CCC1CCCN1C(=O)N1c2ccccc2C[C@H]1C(=O)O. The molecule has 2 heterocycles. The summed E-state index contributed by atoms with van der Waals surface area (Å²) in [6.45, 7) is 2.80. The van der Waals surface area contributed by atoms with Crippen molar-refractivity contribution in [2.45, 2.75) is 44.7 Å². The number of urea groups is 1. The third-order valence-electron chi connectivity index (χ3n) is 4.56. The highest BCUT2D eigenvalue weighted by atomic mass is 16.4. The zero-order valence-corrected chi connectivity index (χ0v) is 12.2. The largest absolute Gasteiger partial charge is 0.480 e. The number of carboxylic acid groups (broad SMARTS) is 1. The van der Waals surface area contributed by atoms with Gasteiger partial charge in [-0.05, 0) is 30.9 Å². The number of nitrogens with zero attached hydrogens (tertiary/aromatic N) is 2. The van der Waals surface area contributed by atoms with Crippen LogP contribution in [0.5, 0.6) is 0 Å². The van der Waals surface area contributed by atoms with Crippen LogP contribution >= 0.6 is 0 Å². The first-order chi connectivity index (χ1) is 10.1. The van der Waals surface area contributed by atoms with Gasteiger partial charge in [-0.3, -0.25) is 4.90 Å². The minimum atomic E-state index is -0.938. The van der Waals surface area contributed by atoms with Crippen LogP contribution < -0.4 is 4.90 Å². The van der Waals surface area contributed by atoms with E-state index >= 15 is 0 Å². The number of rotatable bonds is 2. The van der Waals surface area contributed by atoms with Crippen LogP contribution in [0.2, 0.25) is 0 Å². The highest BCUT2D eigenvalue weighted by Gasteiger charge is 2.42. The lowest BCUT2D eigenvalue weighted by Crippen LogP contribution is -2.51. The van der Waals surface area contributed by atoms with E-state index in [1.54, 1.807) is 0 Å². The van der Waals surface area contributed by atoms with Crippen LogP contribution in [-0.2, 0) is 11.2 Å². The summed E-state index contributed by atoms with van der Waals surface area (Å²) in [6, 6.07) is 6.78. The molecule has 112 valence electrons. The van der Waals surface area contributed by atoms with Crippen LogP contribution in [0.1, 0.15) is 31.7 Å². The van der Waals surface area contributed by atoms with E-state index in [9.17, 15) is 14.7 Å². The highest BCUT2D eigenvalue weighted by Crippen LogP contribution is 2.34. The minimum Gasteiger partial charge on any atom is -0.480 e. The number of aliphatic carboxylic acids is 1. The zero-order valence-electron chi connectivity index (χ0n) is 12.2. The molecule has 3 rings (SSSR count). The van der Waals surface area contributed by atoms with E-state index in [-0.39, 0.29) is 12.1 Å². The van der Waals surface area contributed by atoms with Crippen LogP contribution in [0.4, 0.5) is 10.5 Å². The molecule has 1 aromatic rings. The molecule has 2 aliphatic heterocycles. The number of hydrogen-bond donors (Lipinski definition) is 1. The highest BCUT2D eigenvalue weighted by molar-refractivity contribution is 6.01. The fourth-order valence-electron chi connectivity index (χ4n) is 3.47. The summed E-state index contributed by atoms with van der Waals surface area (Å²) in [6.07, 6.45) is 3.31. The molecule has 0 bridgehead atoms. The lowest BCUT2D eigenvalue weighted by atomic mass is 10.1. The van der Waals surface area contributed by atoms with Gasteiger partial charge in [-0.2, -0.15) is 0 Å². The van der Waals surface area contributed by atoms with Crippen molar-refractivity contribution in [1.29, 1.82) is 0 Å². The monoisotopic (exact) mass is 288 g/mol. The lowest BCUT2D eigenvalue weighted by molar-refractivity contribution is -0.138. The molecular formula is C16H20N2O3. The molecule has 1 saturated heterocycles. The molecule has 21 heavy (non-hydrogen) atoms. The number of anilines is 1. The number of carbonyl (C=O) groups excluding carboxylic acids is 1. The van der Waals surface area contributed by atoms with Crippen LogP contribution in [0, 0.1) is 0 Å². The van der Waals surface area contributed by atoms with E-state index in [4.69, 9.17) is 0 Å². The average molecular weight is 288 g/mol. The number of likely N-dealkylation sites (tertiary alicyclic amines) is 1. The zero-order chi connectivity index (χ0) is 15.0. The van der Waals surface area contributed by atoms with Crippen molar-refractivity contribution in [3.05, 3.63) is 29.8 Å². The summed E-state index contributed by atoms with van der Waals surface area (Å²) in [5, 5.41) is 9.46. The molecule has 1 unspecified atom stereocenters. The Bertz CT molecular complexity index is 572. The first-order valence-corrected chi connectivity index (χ1v) is 7.54. The molecule has 0 aliphatic carbocycles. The van der Waals surface area contributed by atoms with Crippen LogP contribution in [0.15, 0.2) is 24.3 Å². The molecule has 1 aromatic carbocycles. The standard InChI is InChI=1S/C16H20N2O3/c1-2-12-7-5-9-17(12)16(21)18-13-8-4-3-6-11(13)10-14(18)15(19)20/h3-4,6,8,12,14H,2,5,7,9-10H2,1H3,(H,19,20)/t12?,14-/m0/s1. The van der Waals surface area contributed by atoms with Gasteiger partial charge in [-0.25, -0.2) is 9.59 Å². The van der Waals surface area contributed by atoms with E-state index in [1.807, 2.05) is 29.2 Å². The molecule has 5 heteroatoms. The second kappa shape index (κ2) is 5.39. The van der Waals surface area contributed by atoms with Crippen molar-refractivity contribution >= 4 is 17.7 Å². The summed E-state index contributed by atoms with van der Waals surface area (Å²) in [4.78, 5) is 27.7. The van der Waals surface area contributed by atoms with Gasteiger partial charge in [0.25, 0.3) is 0 Å². The number of carbonyl (C=O) groups is 2. The summed E-state index contributed by atoms with van der Waals surface area (Å²) in [5.74, 6) is -0.938. The molecule has 1 fully saturated rings. The third-order valence-corrected chi connectivity index (χ3v) is 4.56. The van der Waals surface area contributed by atoms with E-state index < -0.39 is 12.0 Å². The Morgan fingerprint density at radius 2 is 2.10 bits per heavy atom. The Labute approximate surface area is 124 Å². The van der Waals surface area contributed by atoms with Gasteiger partial charge in [0, 0.05) is 24.7 Å². The van der Waals surface area contributed by atoms with Gasteiger partial charge >= 0.3 is 12.0 Å². The second-order valence-corrected chi connectivity index (χ2v) is 5.74. The molecule has 2 amide bonds. The maximum atomic E-state index is 12.9. The Kier molecular flexibility index (Phi) is 3.57. The van der Waals surface area contributed by atoms with Gasteiger partial charge in [0.15, 0.2) is 0 Å². The van der Waals surface area contributed by atoms with Gasteiger partial charge in [0.05, 0.1) is 0 Å². The Morgan fingerprint density at radius 3 is 2.81 bits per heavy atom. The van der Waals surface area contributed by atoms with Gasteiger partial charge in [0.1, 0.15) is 6.04 Å². The van der Waals surface area contributed by atoms with E-state index in [0.29, 0.717) is 6.42 Å². The number of para-hydroxylation sites is 1. The van der Waals surface area contributed by atoms with Gasteiger partial charge in [0.2, 0.25) is 0 Å². The average Bonchev–Trinajstić information content (AvgIpc) is 3.10. The summed E-state index contributed by atoms with van der Waals surface area (Å²) in [7, 11) is 0. The Morgan fingerprint density at radius 1 is 1.33 bits per heavy atom. The first kappa shape index (κ1) is 13.9. The van der Waals surface area contributed by atoms with Crippen LogP contribution in [0.3, 0.4) is 0 Å². The smallest absolute Gasteiger partial charge is 0.327 e. The molecule has 0 radical (unpaired) electrons. The van der Waals surface area contributed by atoms with Crippen molar-refractivity contribution in [2.75, 3.05) is 11.4 Å². The lowest BCUT2D eigenvalue weighted by Gasteiger charge is -2.31. The normalized spacial score (nSPS) is 24.2. The van der Waals surface area contributed by atoms with Crippen LogP contribution in [0.25, 0.3) is 0 Å². The number of fused-ring (bicyclic) bond motifs is 1. The molecule has 2 atom stereocenters. The summed E-state index contributed by atoms with van der Waals surface area (Å²) in [5.41, 5.74) is 1.68. The van der Waals surface area contributed by atoms with Crippen molar-refractivity contribution in [1.82, 2.24) is 4.90 Å². The molecule has 0 spiro atoms. The molecular weight excluding hydrogens is 268 g/mol. The molecule has 2 aliphatic rings. The molecule has 0 aromatic heterocycles. The quantitative estimate of drug-likeness (QED) is 0.909. The third kappa shape index (κ3) is 2.26. The van der Waals surface area contributed by atoms with E-state index in [0.717, 1.165) is 37.1 Å². The second-order valence-electron chi connectivity index (χ2n) is 5.74. The predicted octanol–water partition coefficient (Wildman–Crippen LogP) is 2.50. The molecule has 0 saturated carbocycles. The maximum Gasteiger partial charge on any atom is 0.327 e. The number of carboxylic acids is 1.